The van der Waals surface area contributed by atoms with E-state index in [0.717, 1.165) is 19.3 Å². The van der Waals surface area contributed by atoms with Crippen LogP contribution in [0.15, 0.2) is 12.1 Å². The minimum atomic E-state index is -0.615. The minimum absolute atomic E-state index is 0.0832. The highest BCUT2D eigenvalue weighted by molar-refractivity contribution is 6.29. The third-order valence-corrected chi connectivity index (χ3v) is 3.19. The first-order chi connectivity index (χ1) is 9.56. The lowest BCUT2D eigenvalue weighted by Crippen LogP contribution is -2.26. The normalized spacial score (nSPS) is 18.6. The third kappa shape index (κ3) is 3.88. The highest BCUT2D eigenvalue weighted by atomic mass is 35.5. The van der Waals surface area contributed by atoms with Crippen molar-refractivity contribution in [1.29, 1.82) is 0 Å². The number of carbonyl (C=O) groups excluding carboxylic acids is 1. The van der Waals surface area contributed by atoms with Gasteiger partial charge in [0.1, 0.15) is 5.15 Å². The summed E-state index contributed by atoms with van der Waals surface area (Å²) >= 11 is 5.69. The summed E-state index contributed by atoms with van der Waals surface area (Å²) in [5, 5.41) is 13.4. The van der Waals surface area contributed by atoms with Gasteiger partial charge in [-0.25, -0.2) is 4.98 Å². The molecule has 8 heteroatoms. The van der Waals surface area contributed by atoms with Gasteiger partial charge in [0, 0.05) is 12.7 Å². The Bertz CT molecular complexity index is 517. The quantitative estimate of drug-likeness (QED) is 0.524. The Labute approximate surface area is 120 Å². The fourth-order valence-electron chi connectivity index (χ4n) is 2.03. The van der Waals surface area contributed by atoms with Crippen molar-refractivity contribution in [3.05, 3.63) is 27.4 Å². The standard InChI is InChI=1S/C12H14ClN3O4/c13-10-5-4-9(16(18)19)12(14-10)15-11(17)7-8-3-1-2-6-20-8/h4-5,8H,1-3,6-7H2,(H,14,15,17). The molecule has 1 aromatic heterocycles. The zero-order valence-corrected chi connectivity index (χ0v) is 11.4. The van der Waals surface area contributed by atoms with Gasteiger partial charge in [-0.3, -0.25) is 14.9 Å². The number of rotatable bonds is 4. The summed E-state index contributed by atoms with van der Waals surface area (Å²) in [6.07, 6.45) is 2.86. The van der Waals surface area contributed by atoms with Crippen LogP contribution in [-0.4, -0.2) is 28.5 Å². The molecular formula is C12H14ClN3O4. The van der Waals surface area contributed by atoms with Crippen LogP contribution in [-0.2, 0) is 9.53 Å². The van der Waals surface area contributed by atoms with Gasteiger partial charge >= 0.3 is 5.69 Å². The predicted octanol–water partition coefficient (Wildman–Crippen LogP) is 2.54. The summed E-state index contributed by atoms with van der Waals surface area (Å²) in [5.74, 6) is -0.502. The summed E-state index contributed by atoms with van der Waals surface area (Å²) in [4.78, 5) is 25.9. The zero-order chi connectivity index (χ0) is 14.5. The second kappa shape index (κ2) is 6.62. The van der Waals surface area contributed by atoms with Crippen molar-refractivity contribution in [3.63, 3.8) is 0 Å². The lowest BCUT2D eigenvalue weighted by atomic mass is 10.1. The van der Waals surface area contributed by atoms with E-state index in [9.17, 15) is 14.9 Å². The molecular weight excluding hydrogens is 286 g/mol. The van der Waals surface area contributed by atoms with Crippen molar-refractivity contribution >= 4 is 29.0 Å². The summed E-state index contributed by atoms with van der Waals surface area (Å²) in [5.41, 5.74) is -0.285. The number of pyridine rings is 1. The Hall–Kier alpha value is -1.73. The average molecular weight is 300 g/mol. The van der Waals surface area contributed by atoms with Crippen LogP contribution < -0.4 is 5.32 Å². The van der Waals surface area contributed by atoms with E-state index in [4.69, 9.17) is 16.3 Å². The van der Waals surface area contributed by atoms with Crippen molar-refractivity contribution in [1.82, 2.24) is 4.98 Å². The van der Waals surface area contributed by atoms with Crippen LogP contribution in [0.3, 0.4) is 0 Å². The van der Waals surface area contributed by atoms with E-state index in [1.807, 2.05) is 0 Å². The summed E-state index contributed by atoms with van der Waals surface area (Å²) in [6.45, 7) is 0.646. The number of ether oxygens (including phenoxy) is 1. The van der Waals surface area contributed by atoms with Crippen LogP contribution in [0.4, 0.5) is 11.5 Å². The van der Waals surface area contributed by atoms with Gasteiger partial charge in [-0.05, 0) is 25.3 Å². The molecule has 108 valence electrons. The van der Waals surface area contributed by atoms with Crippen molar-refractivity contribution in [2.24, 2.45) is 0 Å². The van der Waals surface area contributed by atoms with Crippen LogP contribution in [0.25, 0.3) is 0 Å². The highest BCUT2D eigenvalue weighted by Gasteiger charge is 2.21. The Morgan fingerprint density at radius 1 is 1.55 bits per heavy atom. The Balaban J connectivity index is 2.03. The number of hydrogen-bond acceptors (Lipinski definition) is 5. The SMILES string of the molecule is O=C(CC1CCCCO1)Nc1nc(Cl)ccc1[N+](=O)[O-]. The number of halogens is 1. The van der Waals surface area contributed by atoms with E-state index in [1.165, 1.54) is 12.1 Å². The van der Waals surface area contributed by atoms with E-state index in [-0.39, 0.29) is 35.1 Å². The molecule has 2 heterocycles. The fourth-order valence-corrected chi connectivity index (χ4v) is 2.17. The molecule has 0 bridgehead atoms. The largest absolute Gasteiger partial charge is 0.378 e. The first-order valence-electron chi connectivity index (χ1n) is 6.28. The van der Waals surface area contributed by atoms with Crippen molar-refractivity contribution in [2.45, 2.75) is 31.8 Å². The molecule has 0 aliphatic carbocycles. The summed E-state index contributed by atoms with van der Waals surface area (Å²) in [7, 11) is 0. The molecule has 1 amide bonds. The van der Waals surface area contributed by atoms with Gasteiger partial charge in [-0.1, -0.05) is 11.6 Å². The molecule has 1 aromatic rings. The second-order valence-corrected chi connectivity index (χ2v) is 4.89. The summed E-state index contributed by atoms with van der Waals surface area (Å²) < 4.78 is 5.45. The number of nitrogens with one attached hydrogen (secondary N) is 1. The van der Waals surface area contributed by atoms with Gasteiger partial charge in [0.25, 0.3) is 0 Å². The number of anilines is 1. The van der Waals surface area contributed by atoms with E-state index in [0.29, 0.717) is 6.61 Å². The maximum atomic E-state index is 11.9. The van der Waals surface area contributed by atoms with Crippen LogP contribution >= 0.6 is 11.6 Å². The van der Waals surface area contributed by atoms with E-state index >= 15 is 0 Å². The second-order valence-electron chi connectivity index (χ2n) is 4.50. The highest BCUT2D eigenvalue weighted by Crippen LogP contribution is 2.24. The number of amides is 1. The molecule has 1 saturated heterocycles. The lowest BCUT2D eigenvalue weighted by Gasteiger charge is -2.21. The molecule has 0 spiro atoms. The average Bonchev–Trinajstić information content (AvgIpc) is 2.39. The molecule has 1 fully saturated rings. The molecule has 0 saturated carbocycles. The predicted molar refractivity (Wildman–Crippen MR) is 72.7 cm³/mol. The molecule has 1 aliphatic heterocycles. The molecule has 2 rings (SSSR count). The molecule has 20 heavy (non-hydrogen) atoms. The van der Waals surface area contributed by atoms with Gasteiger partial charge in [-0.2, -0.15) is 0 Å². The number of nitrogens with zero attached hydrogens (tertiary/aromatic N) is 2. The van der Waals surface area contributed by atoms with Crippen molar-refractivity contribution in [3.8, 4) is 0 Å². The monoisotopic (exact) mass is 299 g/mol. The smallest absolute Gasteiger partial charge is 0.311 e. The fraction of sp³-hybridized carbons (Fsp3) is 0.500. The Morgan fingerprint density at radius 2 is 2.35 bits per heavy atom. The molecule has 7 nitrogen and oxygen atoms in total. The Morgan fingerprint density at radius 3 is 3.00 bits per heavy atom. The first kappa shape index (κ1) is 14.7. The summed E-state index contributed by atoms with van der Waals surface area (Å²) in [6, 6.07) is 2.52. The topological polar surface area (TPSA) is 94.4 Å². The number of aromatic nitrogens is 1. The van der Waals surface area contributed by atoms with Gasteiger partial charge < -0.3 is 10.1 Å². The first-order valence-corrected chi connectivity index (χ1v) is 6.66. The van der Waals surface area contributed by atoms with Gasteiger partial charge in [0.2, 0.25) is 11.7 Å². The molecule has 1 N–H and O–H groups in total. The molecule has 1 unspecified atom stereocenters. The molecule has 1 atom stereocenters. The van der Waals surface area contributed by atoms with Crippen LogP contribution in [0.5, 0.6) is 0 Å². The Kier molecular flexibility index (Phi) is 4.86. The number of nitro groups is 1. The van der Waals surface area contributed by atoms with Crippen LogP contribution in [0.2, 0.25) is 5.15 Å². The van der Waals surface area contributed by atoms with E-state index in [1.54, 1.807) is 0 Å². The van der Waals surface area contributed by atoms with Crippen LogP contribution in [0.1, 0.15) is 25.7 Å². The molecule has 0 aromatic carbocycles. The van der Waals surface area contributed by atoms with Gasteiger partial charge in [-0.15, -0.1) is 0 Å². The van der Waals surface area contributed by atoms with Gasteiger partial charge in [0.15, 0.2) is 0 Å². The van der Waals surface area contributed by atoms with E-state index in [2.05, 4.69) is 10.3 Å². The van der Waals surface area contributed by atoms with Gasteiger partial charge in [0.05, 0.1) is 17.4 Å². The third-order valence-electron chi connectivity index (χ3n) is 2.98. The molecule has 1 aliphatic rings. The zero-order valence-electron chi connectivity index (χ0n) is 10.7. The number of hydrogen-bond donors (Lipinski definition) is 1. The molecule has 0 radical (unpaired) electrons. The maximum Gasteiger partial charge on any atom is 0.311 e. The minimum Gasteiger partial charge on any atom is -0.378 e. The van der Waals surface area contributed by atoms with Crippen molar-refractivity contribution < 1.29 is 14.5 Å². The van der Waals surface area contributed by atoms with E-state index < -0.39 is 4.92 Å². The number of carbonyl (C=O) groups is 1. The maximum absolute atomic E-state index is 11.9. The van der Waals surface area contributed by atoms with Crippen LogP contribution in [0, 0.1) is 10.1 Å². The lowest BCUT2D eigenvalue weighted by molar-refractivity contribution is -0.384. The van der Waals surface area contributed by atoms with Crippen molar-refractivity contribution in [2.75, 3.05) is 11.9 Å².